The topological polar surface area (TPSA) is 55.8 Å². The third kappa shape index (κ3) is 7.06. The van der Waals surface area contributed by atoms with Crippen molar-refractivity contribution in [3.8, 4) is 0 Å². The SMILES string of the molecule is CC(C)(C)OC(=O)N1C(=O)[C@H]([CH2][Sn]([CH3])([CH3])[CH3])C[C@H]1CO[Si](c1ccccc1)(c1ccccc1)C(C)(C)C. The Hall–Kier alpha value is -1.64. The molecule has 0 bridgehead atoms. The maximum atomic E-state index is 13.6. The van der Waals surface area contributed by atoms with Gasteiger partial charge in [0.25, 0.3) is 0 Å². The zero-order valence-corrected chi connectivity index (χ0v) is 28.0. The Morgan fingerprint density at radius 3 is 1.81 bits per heavy atom. The summed E-state index contributed by atoms with van der Waals surface area (Å²) in [5.41, 5.74) is -0.678. The Morgan fingerprint density at radius 2 is 1.41 bits per heavy atom. The van der Waals surface area contributed by atoms with Crippen molar-refractivity contribution in [3.05, 3.63) is 60.7 Å². The number of hydrogen-bond acceptors (Lipinski definition) is 4. The van der Waals surface area contributed by atoms with Gasteiger partial charge in [-0.2, -0.15) is 0 Å². The fourth-order valence-corrected chi connectivity index (χ4v) is 15.3. The van der Waals surface area contributed by atoms with Gasteiger partial charge in [0, 0.05) is 0 Å². The van der Waals surface area contributed by atoms with Crippen LogP contribution in [-0.4, -0.2) is 61.8 Å². The van der Waals surface area contributed by atoms with E-state index >= 15 is 0 Å². The molecule has 2 amide bonds. The second-order valence-corrected chi connectivity index (χ2v) is 33.6. The Bertz CT molecular complexity index is 1030. The van der Waals surface area contributed by atoms with Crippen molar-refractivity contribution in [2.24, 2.45) is 5.92 Å². The Morgan fingerprint density at radius 1 is 0.919 bits per heavy atom. The number of imide groups is 1. The van der Waals surface area contributed by atoms with Crippen LogP contribution in [0.2, 0.25) is 24.3 Å². The third-order valence-electron chi connectivity index (χ3n) is 6.87. The molecule has 1 aliphatic heterocycles. The maximum absolute atomic E-state index is 13.6. The predicted octanol–water partition coefficient (Wildman–Crippen LogP) is 6.05. The summed E-state index contributed by atoms with van der Waals surface area (Å²) in [6.45, 7) is 12.5. The molecule has 0 aromatic heterocycles. The summed E-state index contributed by atoms with van der Waals surface area (Å²) in [5, 5.41) is 2.18. The van der Waals surface area contributed by atoms with Crippen molar-refractivity contribution in [1.82, 2.24) is 4.90 Å². The first-order valence-electron chi connectivity index (χ1n) is 13.4. The van der Waals surface area contributed by atoms with Gasteiger partial charge in [0.2, 0.25) is 0 Å². The number of amides is 2. The van der Waals surface area contributed by atoms with Crippen molar-refractivity contribution in [2.45, 2.75) is 83.9 Å². The number of carbonyl (C=O) groups is 2. The molecule has 2 atom stereocenters. The number of hydrogen-bond donors (Lipinski definition) is 0. The monoisotopic (exact) mass is 631 g/mol. The molecule has 37 heavy (non-hydrogen) atoms. The molecular weight excluding hydrogens is 585 g/mol. The van der Waals surface area contributed by atoms with E-state index < -0.39 is 38.4 Å². The molecule has 202 valence electrons. The Balaban J connectivity index is 2.03. The fourth-order valence-electron chi connectivity index (χ4n) is 5.50. The zero-order valence-electron chi connectivity index (χ0n) is 24.1. The van der Waals surface area contributed by atoms with Crippen LogP contribution >= 0.6 is 0 Å². The van der Waals surface area contributed by atoms with Crippen LogP contribution in [0.15, 0.2) is 60.7 Å². The molecule has 2 aromatic carbocycles. The molecule has 0 unspecified atom stereocenters. The van der Waals surface area contributed by atoms with Gasteiger partial charge in [-0.15, -0.1) is 0 Å². The van der Waals surface area contributed by atoms with Gasteiger partial charge in [-0.25, -0.2) is 0 Å². The fraction of sp³-hybridized carbons (Fsp3) is 0.533. The van der Waals surface area contributed by atoms with Gasteiger partial charge in [0.15, 0.2) is 0 Å². The zero-order chi connectivity index (χ0) is 27.6. The van der Waals surface area contributed by atoms with E-state index in [0.29, 0.717) is 13.0 Å². The molecule has 0 spiro atoms. The summed E-state index contributed by atoms with van der Waals surface area (Å²) >= 11 is -2.30. The molecule has 1 heterocycles. The van der Waals surface area contributed by atoms with Crippen LogP contribution in [0.25, 0.3) is 0 Å². The molecule has 3 rings (SSSR count). The Labute approximate surface area is 228 Å². The second kappa shape index (κ2) is 11.2. The van der Waals surface area contributed by atoms with Gasteiger partial charge < -0.3 is 0 Å². The first-order chi connectivity index (χ1) is 17.1. The van der Waals surface area contributed by atoms with E-state index in [-0.39, 0.29) is 22.9 Å². The molecular formula is C30H45NO4SiSn. The summed E-state index contributed by atoms with van der Waals surface area (Å²) in [6.07, 6.45) is 0.0740. The molecule has 0 N–H and O–H groups in total. The molecule has 7 heteroatoms. The van der Waals surface area contributed by atoms with Crippen molar-refractivity contribution < 1.29 is 18.8 Å². The van der Waals surface area contributed by atoms with Crippen LogP contribution in [-0.2, 0) is 14.0 Å². The summed E-state index contributed by atoms with van der Waals surface area (Å²) in [4.78, 5) is 35.3. The molecule has 0 aliphatic carbocycles. The van der Waals surface area contributed by atoms with Crippen molar-refractivity contribution in [3.63, 3.8) is 0 Å². The van der Waals surface area contributed by atoms with E-state index in [1.165, 1.54) is 15.3 Å². The van der Waals surface area contributed by atoms with E-state index in [1.807, 2.05) is 32.9 Å². The number of carbonyl (C=O) groups excluding carboxylic acids is 2. The van der Waals surface area contributed by atoms with Crippen LogP contribution < -0.4 is 10.4 Å². The van der Waals surface area contributed by atoms with Gasteiger partial charge in [-0.1, -0.05) is 0 Å². The standard InChI is InChI=1S/C27H36NO4Si.3CH3.Sn/c1-20-18-21(28(24(20)29)25(30)32-26(2,3)4)19-31-33(27(5,6)7,22-14-10-8-11-15-22)23-16-12-9-13-17-23;;;;/h8-17,20-21H,1,18-19H2,2-7H3;3*1H3;/t20-,21+;;;;/m1..../s1. The number of rotatable bonds is 7. The van der Waals surface area contributed by atoms with E-state index in [2.05, 4.69) is 84.1 Å². The molecule has 1 saturated heterocycles. The van der Waals surface area contributed by atoms with Gasteiger partial charge in [-0.3, -0.25) is 0 Å². The molecule has 5 nitrogen and oxygen atoms in total. The minimum atomic E-state index is -2.80. The quantitative estimate of drug-likeness (QED) is 0.350. The Kier molecular flexibility index (Phi) is 9.07. The summed E-state index contributed by atoms with van der Waals surface area (Å²) in [5.74, 6) is -0.243. The third-order valence-corrected chi connectivity index (χ3v) is 16.8. The van der Waals surface area contributed by atoms with E-state index in [1.54, 1.807) is 0 Å². The molecule has 0 saturated carbocycles. The average Bonchev–Trinajstić information content (AvgIpc) is 3.07. The van der Waals surface area contributed by atoms with Crippen LogP contribution in [0.4, 0.5) is 4.79 Å². The summed E-state index contributed by atoms with van der Waals surface area (Å²) in [7, 11) is -2.80. The van der Waals surface area contributed by atoms with Gasteiger partial charge >= 0.3 is 230 Å². The van der Waals surface area contributed by atoms with Crippen molar-refractivity contribution in [1.29, 1.82) is 0 Å². The number of nitrogens with zero attached hydrogens (tertiary/aromatic N) is 1. The van der Waals surface area contributed by atoms with Crippen LogP contribution in [0.5, 0.6) is 0 Å². The average molecular weight is 630 g/mol. The van der Waals surface area contributed by atoms with Gasteiger partial charge in [0.05, 0.1) is 0 Å². The van der Waals surface area contributed by atoms with Crippen molar-refractivity contribution >= 4 is 49.1 Å². The predicted molar refractivity (Wildman–Crippen MR) is 157 cm³/mol. The molecule has 1 aliphatic rings. The normalized spacial score (nSPS) is 19.3. The first kappa shape index (κ1) is 29.9. The van der Waals surface area contributed by atoms with E-state index in [0.717, 1.165) is 4.44 Å². The number of likely N-dealkylation sites (tertiary alicyclic amines) is 1. The van der Waals surface area contributed by atoms with Crippen LogP contribution in [0.1, 0.15) is 48.0 Å². The summed E-state index contributed by atoms with van der Waals surface area (Å²) < 4.78 is 13.8. The van der Waals surface area contributed by atoms with E-state index in [9.17, 15) is 9.59 Å². The first-order valence-corrected chi connectivity index (χ1v) is 25.9. The second-order valence-electron chi connectivity index (χ2n) is 13.5. The van der Waals surface area contributed by atoms with Gasteiger partial charge in [0.1, 0.15) is 0 Å². The van der Waals surface area contributed by atoms with Gasteiger partial charge in [-0.05, 0) is 0 Å². The molecule has 2 aromatic rings. The minimum absolute atomic E-state index is 0.100. The number of benzene rings is 2. The molecule has 0 radical (unpaired) electrons. The van der Waals surface area contributed by atoms with Crippen molar-refractivity contribution in [2.75, 3.05) is 6.61 Å². The van der Waals surface area contributed by atoms with Crippen LogP contribution in [0, 0.1) is 5.92 Å². The van der Waals surface area contributed by atoms with E-state index in [4.69, 9.17) is 9.16 Å². The van der Waals surface area contributed by atoms with Crippen LogP contribution in [0.3, 0.4) is 0 Å². The summed E-state index contributed by atoms with van der Waals surface area (Å²) in [6, 6.07) is 20.6. The number of ether oxygens (including phenoxy) is 1. The molecule has 1 fully saturated rings.